The van der Waals surface area contributed by atoms with Gasteiger partial charge in [0.05, 0.1) is 36.3 Å². The van der Waals surface area contributed by atoms with Gasteiger partial charge in [-0.1, -0.05) is 5.21 Å². The summed E-state index contributed by atoms with van der Waals surface area (Å²) in [6.07, 6.45) is 6.64. The van der Waals surface area contributed by atoms with E-state index in [4.69, 9.17) is 4.74 Å². The summed E-state index contributed by atoms with van der Waals surface area (Å²) in [5.74, 6) is 0.255. The molecule has 3 aromatic heterocycles. The molecule has 0 spiro atoms. The maximum absolute atomic E-state index is 12.2. The number of nitrogens with one attached hydrogen (secondary N) is 1. The Balaban J connectivity index is 1.58. The normalized spacial score (nSPS) is 10.7. The second-order valence-electron chi connectivity index (χ2n) is 5.60. The Hall–Kier alpha value is -3.29. The summed E-state index contributed by atoms with van der Waals surface area (Å²) < 4.78 is 7.06. The van der Waals surface area contributed by atoms with Crippen molar-refractivity contribution in [3.8, 4) is 11.6 Å². The topological polar surface area (TPSA) is 94.8 Å². The lowest BCUT2D eigenvalue weighted by atomic mass is 10.2. The van der Waals surface area contributed by atoms with Crippen LogP contribution in [-0.4, -0.2) is 37.0 Å². The van der Waals surface area contributed by atoms with Crippen LogP contribution in [0.4, 0.5) is 0 Å². The van der Waals surface area contributed by atoms with Gasteiger partial charge in [-0.3, -0.25) is 9.78 Å². The highest BCUT2D eigenvalue weighted by Crippen LogP contribution is 2.10. The predicted molar refractivity (Wildman–Crippen MR) is 90.3 cm³/mol. The molecule has 0 unspecified atom stereocenters. The first kappa shape index (κ1) is 16.6. The molecule has 0 radical (unpaired) electrons. The lowest BCUT2D eigenvalue weighted by Crippen LogP contribution is -2.23. The molecule has 8 heteroatoms. The molecule has 3 aromatic rings. The van der Waals surface area contributed by atoms with Crippen LogP contribution in [0.15, 0.2) is 49.1 Å². The van der Waals surface area contributed by atoms with E-state index < -0.39 is 0 Å². The Kier molecular flexibility index (Phi) is 4.98. The van der Waals surface area contributed by atoms with Gasteiger partial charge in [0, 0.05) is 18.5 Å². The van der Waals surface area contributed by atoms with Gasteiger partial charge in [0.25, 0.3) is 5.91 Å². The molecule has 3 heterocycles. The van der Waals surface area contributed by atoms with Crippen LogP contribution >= 0.6 is 0 Å². The number of nitrogens with zero attached hydrogens (tertiary/aromatic N) is 5. The zero-order valence-electron chi connectivity index (χ0n) is 14.0. The van der Waals surface area contributed by atoms with Gasteiger partial charge >= 0.3 is 0 Å². The van der Waals surface area contributed by atoms with E-state index in [2.05, 4.69) is 25.6 Å². The number of amides is 1. The molecule has 0 saturated heterocycles. The average molecular weight is 338 g/mol. The summed E-state index contributed by atoms with van der Waals surface area (Å²) in [6.45, 7) is 4.10. The third-order valence-electron chi connectivity index (χ3n) is 3.24. The summed E-state index contributed by atoms with van der Waals surface area (Å²) in [6, 6.07) is 7.04. The maximum atomic E-state index is 12.2. The smallest absolute Gasteiger partial charge is 0.253 e. The molecule has 0 atom stereocenters. The Morgan fingerprint density at radius 3 is 2.84 bits per heavy atom. The van der Waals surface area contributed by atoms with E-state index in [1.807, 2.05) is 26.0 Å². The minimum absolute atomic E-state index is 0.0367. The van der Waals surface area contributed by atoms with Gasteiger partial charge < -0.3 is 10.1 Å². The lowest BCUT2D eigenvalue weighted by Gasteiger charge is -2.08. The van der Waals surface area contributed by atoms with E-state index in [0.29, 0.717) is 17.1 Å². The largest absolute Gasteiger partial charge is 0.475 e. The number of hydrogen-bond acceptors (Lipinski definition) is 6. The van der Waals surface area contributed by atoms with Gasteiger partial charge in [0.1, 0.15) is 5.69 Å². The van der Waals surface area contributed by atoms with Gasteiger partial charge in [-0.05, 0) is 32.0 Å². The molecule has 3 rings (SSSR count). The van der Waals surface area contributed by atoms with Gasteiger partial charge in [-0.25, -0.2) is 9.67 Å². The van der Waals surface area contributed by atoms with Crippen molar-refractivity contribution in [2.45, 2.75) is 26.5 Å². The minimum Gasteiger partial charge on any atom is -0.475 e. The molecule has 1 amide bonds. The fraction of sp³-hybridized carbons (Fsp3) is 0.235. The fourth-order valence-corrected chi connectivity index (χ4v) is 2.09. The quantitative estimate of drug-likeness (QED) is 0.736. The Morgan fingerprint density at radius 1 is 1.28 bits per heavy atom. The van der Waals surface area contributed by atoms with Crippen LogP contribution in [0, 0.1) is 0 Å². The van der Waals surface area contributed by atoms with Crippen molar-refractivity contribution in [3.63, 3.8) is 0 Å². The van der Waals surface area contributed by atoms with Crippen LogP contribution in [0.3, 0.4) is 0 Å². The molecule has 0 fully saturated rings. The highest BCUT2D eigenvalue weighted by Gasteiger charge is 2.09. The molecule has 128 valence electrons. The Bertz CT molecular complexity index is 830. The van der Waals surface area contributed by atoms with Crippen LogP contribution < -0.4 is 10.1 Å². The van der Waals surface area contributed by atoms with Crippen molar-refractivity contribution in [2.24, 2.45) is 0 Å². The van der Waals surface area contributed by atoms with Gasteiger partial charge in [-0.15, -0.1) is 5.10 Å². The second-order valence-corrected chi connectivity index (χ2v) is 5.60. The van der Waals surface area contributed by atoms with Crippen molar-refractivity contribution in [1.29, 1.82) is 0 Å². The van der Waals surface area contributed by atoms with E-state index >= 15 is 0 Å². The van der Waals surface area contributed by atoms with Crippen LogP contribution in [0.5, 0.6) is 5.88 Å². The summed E-state index contributed by atoms with van der Waals surface area (Å²) in [5.41, 5.74) is 1.90. The second kappa shape index (κ2) is 7.52. The van der Waals surface area contributed by atoms with E-state index in [1.165, 1.54) is 6.20 Å². The molecule has 0 saturated carbocycles. The average Bonchev–Trinajstić information content (AvgIpc) is 3.10. The summed E-state index contributed by atoms with van der Waals surface area (Å²) in [7, 11) is 0. The summed E-state index contributed by atoms with van der Waals surface area (Å²) in [4.78, 5) is 20.3. The first-order valence-corrected chi connectivity index (χ1v) is 7.84. The van der Waals surface area contributed by atoms with Gasteiger partial charge in [0.15, 0.2) is 0 Å². The molecule has 25 heavy (non-hydrogen) atoms. The Morgan fingerprint density at radius 2 is 2.16 bits per heavy atom. The highest BCUT2D eigenvalue weighted by atomic mass is 16.5. The molecule has 0 aliphatic carbocycles. The fourth-order valence-electron chi connectivity index (χ4n) is 2.09. The van der Waals surface area contributed by atoms with E-state index in [1.54, 1.807) is 35.4 Å². The van der Waals surface area contributed by atoms with E-state index in [-0.39, 0.29) is 18.6 Å². The summed E-state index contributed by atoms with van der Waals surface area (Å²) >= 11 is 0. The molecular formula is C17H18N6O2. The van der Waals surface area contributed by atoms with Gasteiger partial charge in [0.2, 0.25) is 5.88 Å². The first-order valence-electron chi connectivity index (χ1n) is 7.84. The monoisotopic (exact) mass is 338 g/mol. The zero-order chi connectivity index (χ0) is 17.6. The molecule has 8 nitrogen and oxygen atoms in total. The van der Waals surface area contributed by atoms with E-state index in [0.717, 1.165) is 5.69 Å². The molecular weight excluding hydrogens is 320 g/mol. The van der Waals surface area contributed by atoms with Crippen LogP contribution in [-0.2, 0) is 6.54 Å². The third kappa shape index (κ3) is 4.37. The van der Waals surface area contributed by atoms with Crippen molar-refractivity contribution < 1.29 is 9.53 Å². The molecule has 0 aliphatic heterocycles. The number of pyridine rings is 2. The van der Waals surface area contributed by atoms with Gasteiger partial charge in [-0.2, -0.15) is 0 Å². The number of hydrogen-bond donors (Lipinski definition) is 1. The zero-order valence-corrected chi connectivity index (χ0v) is 14.0. The number of aromatic nitrogens is 5. The van der Waals surface area contributed by atoms with E-state index in [9.17, 15) is 4.79 Å². The van der Waals surface area contributed by atoms with Crippen LogP contribution in [0.2, 0.25) is 0 Å². The number of carbonyl (C=O) groups is 1. The number of carbonyl (C=O) groups excluding carboxylic acids is 1. The molecule has 0 aliphatic rings. The minimum atomic E-state index is -0.237. The van der Waals surface area contributed by atoms with Crippen molar-refractivity contribution in [2.75, 3.05) is 0 Å². The first-order chi connectivity index (χ1) is 12.1. The van der Waals surface area contributed by atoms with Crippen LogP contribution in [0.1, 0.15) is 29.9 Å². The SMILES string of the molecule is CC(C)Oc1ccc(C(=O)NCc2cn(-c3cccnc3)nn2)cn1. The van der Waals surface area contributed by atoms with Crippen molar-refractivity contribution in [3.05, 3.63) is 60.3 Å². The standard InChI is InChI=1S/C17H18N6O2/c1-12(2)25-16-6-5-13(8-19-16)17(24)20-9-14-11-23(22-21-14)15-4-3-7-18-10-15/h3-8,10-12H,9H2,1-2H3,(H,20,24). The van der Waals surface area contributed by atoms with Crippen LogP contribution in [0.25, 0.3) is 5.69 Å². The van der Waals surface area contributed by atoms with Crippen molar-refractivity contribution in [1.82, 2.24) is 30.3 Å². The molecule has 0 aromatic carbocycles. The van der Waals surface area contributed by atoms with Crippen molar-refractivity contribution >= 4 is 5.91 Å². The highest BCUT2D eigenvalue weighted by molar-refractivity contribution is 5.93. The number of rotatable bonds is 6. The Labute approximate surface area is 144 Å². The summed E-state index contributed by atoms with van der Waals surface area (Å²) in [5, 5.41) is 10.9. The molecule has 1 N–H and O–H groups in total. The molecule has 0 bridgehead atoms. The predicted octanol–water partition coefficient (Wildman–Crippen LogP) is 1.77. The number of ether oxygens (including phenoxy) is 1. The maximum Gasteiger partial charge on any atom is 0.253 e. The third-order valence-corrected chi connectivity index (χ3v) is 3.24. The lowest BCUT2D eigenvalue weighted by molar-refractivity contribution is 0.0950.